The van der Waals surface area contributed by atoms with Crippen molar-refractivity contribution in [3.8, 4) is 0 Å². The average Bonchev–Trinajstić information content (AvgIpc) is 2.53. The van der Waals surface area contributed by atoms with E-state index < -0.39 is 11.3 Å². The van der Waals surface area contributed by atoms with E-state index in [1.165, 1.54) is 4.68 Å². The Morgan fingerprint density at radius 3 is 2.70 bits per heavy atom. The molecule has 3 aromatic rings. The summed E-state index contributed by atoms with van der Waals surface area (Å²) in [6, 6.07) is 12.3. The van der Waals surface area contributed by atoms with Crippen molar-refractivity contribution in [3.63, 3.8) is 0 Å². The number of anilines is 1. The lowest BCUT2D eigenvalue weighted by Gasteiger charge is -2.09. The second kappa shape index (κ2) is 5.85. The molecule has 2 aromatic carbocycles. The molecule has 5 nitrogen and oxygen atoms in total. The van der Waals surface area contributed by atoms with Gasteiger partial charge in [-0.2, -0.15) is 5.10 Å². The van der Waals surface area contributed by atoms with E-state index in [-0.39, 0.29) is 5.69 Å². The number of halogens is 1. The van der Waals surface area contributed by atoms with Crippen molar-refractivity contribution in [1.82, 2.24) is 9.78 Å². The lowest BCUT2D eigenvalue weighted by Crippen LogP contribution is -2.26. The fourth-order valence-electron chi connectivity index (χ4n) is 2.38. The van der Waals surface area contributed by atoms with Crippen LogP contribution in [0.5, 0.6) is 0 Å². The molecule has 0 bridgehead atoms. The van der Waals surface area contributed by atoms with Gasteiger partial charge in [-0.25, -0.2) is 0 Å². The van der Waals surface area contributed by atoms with Crippen LogP contribution in [0.25, 0.3) is 10.9 Å². The summed E-state index contributed by atoms with van der Waals surface area (Å²) in [6.07, 6.45) is 0. The van der Waals surface area contributed by atoms with Crippen molar-refractivity contribution in [2.75, 3.05) is 5.32 Å². The summed E-state index contributed by atoms with van der Waals surface area (Å²) in [5.74, 6) is -0.581. The second-order valence-corrected chi connectivity index (χ2v) is 5.66. The van der Waals surface area contributed by atoms with Crippen LogP contribution in [0.1, 0.15) is 16.1 Å². The quantitative estimate of drug-likeness (QED) is 0.786. The number of nitrogens with zero attached hydrogens (tertiary/aromatic N) is 2. The Kier molecular flexibility index (Phi) is 3.88. The minimum absolute atomic E-state index is 0.162. The molecule has 0 atom stereocenters. The number of hydrogen-bond donors (Lipinski definition) is 1. The summed E-state index contributed by atoms with van der Waals surface area (Å²) in [5, 5.41) is 7.59. The number of carbonyl (C=O) groups is 1. The Morgan fingerprint density at radius 1 is 1.22 bits per heavy atom. The number of benzene rings is 2. The molecule has 0 saturated heterocycles. The molecule has 1 aromatic heterocycles. The fourth-order valence-corrected chi connectivity index (χ4v) is 2.57. The second-order valence-electron chi connectivity index (χ2n) is 5.26. The zero-order valence-corrected chi connectivity index (χ0v) is 13.4. The van der Waals surface area contributed by atoms with Crippen LogP contribution >= 0.6 is 11.6 Å². The van der Waals surface area contributed by atoms with Crippen LogP contribution in [0.4, 0.5) is 5.69 Å². The molecule has 0 saturated carbocycles. The van der Waals surface area contributed by atoms with Gasteiger partial charge in [0.25, 0.3) is 5.91 Å². The van der Waals surface area contributed by atoms with E-state index in [0.29, 0.717) is 21.6 Å². The molecule has 6 heteroatoms. The Bertz CT molecular complexity index is 979. The number of amides is 1. The predicted molar refractivity (Wildman–Crippen MR) is 91.1 cm³/mol. The first-order valence-electron chi connectivity index (χ1n) is 7.01. The van der Waals surface area contributed by atoms with Gasteiger partial charge in [0.05, 0.1) is 21.6 Å². The van der Waals surface area contributed by atoms with E-state index >= 15 is 0 Å². The largest absolute Gasteiger partial charge is 0.319 e. The molecule has 0 radical (unpaired) electrons. The van der Waals surface area contributed by atoms with Crippen LogP contribution in [0.2, 0.25) is 5.02 Å². The molecular formula is C17H14ClN3O2. The van der Waals surface area contributed by atoms with Crippen LogP contribution in [-0.4, -0.2) is 15.7 Å². The zero-order chi connectivity index (χ0) is 16.6. The maximum atomic E-state index is 12.6. The lowest BCUT2D eigenvalue weighted by molar-refractivity contribution is 0.101. The van der Waals surface area contributed by atoms with Crippen molar-refractivity contribution in [3.05, 3.63) is 69.0 Å². The molecule has 0 spiro atoms. The number of nitrogens with one attached hydrogen (secondary N) is 1. The van der Waals surface area contributed by atoms with Crippen LogP contribution in [0.3, 0.4) is 0 Å². The highest BCUT2D eigenvalue weighted by atomic mass is 35.5. The topological polar surface area (TPSA) is 64.0 Å². The number of rotatable bonds is 2. The summed E-state index contributed by atoms with van der Waals surface area (Å²) in [7, 11) is 1.70. The zero-order valence-electron chi connectivity index (χ0n) is 12.6. The monoisotopic (exact) mass is 327 g/mol. The van der Waals surface area contributed by atoms with E-state index in [1.54, 1.807) is 37.4 Å². The van der Waals surface area contributed by atoms with Gasteiger partial charge in [-0.05, 0) is 31.2 Å². The summed E-state index contributed by atoms with van der Waals surface area (Å²) >= 11 is 6.02. The van der Waals surface area contributed by atoms with Crippen LogP contribution in [0.15, 0.2) is 47.3 Å². The number of para-hydroxylation sites is 1. The van der Waals surface area contributed by atoms with Gasteiger partial charge in [-0.3, -0.25) is 14.3 Å². The molecule has 23 heavy (non-hydrogen) atoms. The van der Waals surface area contributed by atoms with Gasteiger partial charge in [0.1, 0.15) is 0 Å². The Balaban J connectivity index is 2.09. The van der Waals surface area contributed by atoms with Crippen LogP contribution < -0.4 is 10.7 Å². The highest BCUT2D eigenvalue weighted by Gasteiger charge is 2.17. The molecule has 0 aliphatic carbocycles. The van der Waals surface area contributed by atoms with Crippen LogP contribution in [-0.2, 0) is 7.05 Å². The fraction of sp³-hybridized carbons (Fsp3) is 0.118. The maximum Gasteiger partial charge on any atom is 0.280 e. The number of carbonyl (C=O) groups excluding carboxylic acids is 1. The average molecular weight is 328 g/mol. The van der Waals surface area contributed by atoms with Crippen molar-refractivity contribution < 1.29 is 4.79 Å². The number of aryl methyl sites for hydroxylation is 2. The third-order valence-electron chi connectivity index (χ3n) is 3.55. The highest BCUT2D eigenvalue weighted by Crippen LogP contribution is 2.21. The van der Waals surface area contributed by atoms with E-state index in [1.807, 2.05) is 19.1 Å². The van der Waals surface area contributed by atoms with Crippen molar-refractivity contribution >= 4 is 34.1 Å². The van der Waals surface area contributed by atoms with Crippen molar-refractivity contribution in [2.24, 2.45) is 7.05 Å². The smallest absolute Gasteiger partial charge is 0.280 e. The van der Waals surface area contributed by atoms with Gasteiger partial charge in [-0.15, -0.1) is 0 Å². The third kappa shape index (κ3) is 2.83. The molecule has 1 amide bonds. The van der Waals surface area contributed by atoms with Gasteiger partial charge >= 0.3 is 0 Å². The summed E-state index contributed by atoms with van der Waals surface area (Å²) in [6.45, 7) is 1.89. The maximum absolute atomic E-state index is 12.6. The first-order chi connectivity index (χ1) is 11.0. The van der Waals surface area contributed by atoms with E-state index in [2.05, 4.69) is 10.4 Å². The molecule has 0 fully saturated rings. The Labute approximate surface area is 137 Å². The molecule has 116 valence electrons. The summed E-state index contributed by atoms with van der Waals surface area (Å²) < 4.78 is 1.53. The van der Waals surface area contributed by atoms with E-state index in [9.17, 15) is 9.59 Å². The standard InChI is InChI=1S/C17H14ClN3O2/c1-10-7-8-14-11(9-10)16(22)15(20-21(14)2)17(23)19-13-6-4-3-5-12(13)18/h3-9H,1-2H3,(H,19,23). The van der Waals surface area contributed by atoms with Gasteiger partial charge in [0, 0.05) is 7.05 Å². The minimum atomic E-state index is -0.581. The van der Waals surface area contributed by atoms with Gasteiger partial charge in [-0.1, -0.05) is 35.4 Å². The van der Waals surface area contributed by atoms with Crippen molar-refractivity contribution in [2.45, 2.75) is 6.92 Å². The lowest BCUT2D eigenvalue weighted by atomic mass is 10.1. The molecule has 0 aliphatic rings. The van der Waals surface area contributed by atoms with Gasteiger partial charge in [0.15, 0.2) is 5.69 Å². The predicted octanol–water partition coefficient (Wildman–Crippen LogP) is 3.15. The summed E-state index contributed by atoms with van der Waals surface area (Å²) in [5.41, 5.74) is 1.50. The minimum Gasteiger partial charge on any atom is -0.319 e. The summed E-state index contributed by atoms with van der Waals surface area (Å²) in [4.78, 5) is 25.0. The van der Waals surface area contributed by atoms with Crippen LogP contribution in [0, 0.1) is 6.92 Å². The number of hydrogen-bond acceptors (Lipinski definition) is 3. The molecule has 0 unspecified atom stereocenters. The molecular weight excluding hydrogens is 314 g/mol. The highest BCUT2D eigenvalue weighted by molar-refractivity contribution is 6.33. The first kappa shape index (κ1) is 15.2. The normalized spacial score (nSPS) is 10.7. The van der Waals surface area contributed by atoms with E-state index in [4.69, 9.17) is 11.6 Å². The van der Waals surface area contributed by atoms with Gasteiger partial charge in [0.2, 0.25) is 5.43 Å². The molecule has 1 N–H and O–H groups in total. The molecule has 1 heterocycles. The SMILES string of the molecule is Cc1ccc2c(c1)c(=O)c(C(=O)Nc1ccccc1Cl)nn2C. The number of fused-ring (bicyclic) bond motifs is 1. The molecule has 0 aliphatic heterocycles. The third-order valence-corrected chi connectivity index (χ3v) is 3.88. The number of aromatic nitrogens is 2. The Hall–Kier alpha value is -2.66. The first-order valence-corrected chi connectivity index (χ1v) is 7.39. The molecule has 3 rings (SSSR count). The van der Waals surface area contributed by atoms with Crippen molar-refractivity contribution in [1.29, 1.82) is 0 Å². The van der Waals surface area contributed by atoms with E-state index in [0.717, 1.165) is 5.56 Å². The Morgan fingerprint density at radius 2 is 1.96 bits per heavy atom. The van der Waals surface area contributed by atoms with Gasteiger partial charge < -0.3 is 5.32 Å².